The first-order valence-corrected chi connectivity index (χ1v) is 7.86. The van der Waals surface area contributed by atoms with E-state index in [9.17, 15) is 0 Å². The Balaban J connectivity index is 1.87. The Morgan fingerprint density at radius 2 is 2.00 bits per heavy atom. The van der Waals surface area contributed by atoms with E-state index in [1.54, 1.807) is 11.8 Å². The van der Waals surface area contributed by atoms with Gasteiger partial charge in [-0.05, 0) is 55.8 Å². The number of benzene rings is 2. The molecule has 2 N–H and O–H groups in total. The van der Waals surface area contributed by atoms with E-state index in [0.29, 0.717) is 0 Å². The van der Waals surface area contributed by atoms with Crippen molar-refractivity contribution in [2.45, 2.75) is 30.4 Å². The minimum absolute atomic E-state index is 0.899. The molecule has 0 radical (unpaired) electrons. The number of nitrogens with zero attached hydrogens (tertiary/aromatic N) is 1. The van der Waals surface area contributed by atoms with Crippen molar-refractivity contribution in [2.24, 2.45) is 0 Å². The highest BCUT2D eigenvalue weighted by molar-refractivity contribution is 7.99. The number of fused-ring (bicyclic) bond motifs is 1. The molecular formula is C17H19N3S. The topological polar surface area (TPSA) is 40.7 Å². The molecule has 0 bridgehead atoms. The first-order chi connectivity index (χ1) is 10.2. The van der Waals surface area contributed by atoms with Crippen LogP contribution in [0.1, 0.15) is 16.7 Å². The van der Waals surface area contributed by atoms with Gasteiger partial charge in [-0.25, -0.2) is 4.98 Å². The summed E-state index contributed by atoms with van der Waals surface area (Å²) in [4.78, 5) is 9.28. The average Bonchev–Trinajstić information content (AvgIpc) is 2.83. The maximum atomic E-state index is 4.64. The van der Waals surface area contributed by atoms with E-state index in [1.807, 2.05) is 7.05 Å². The number of rotatable bonds is 4. The van der Waals surface area contributed by atoms with Crippen molar-refractivity contribution in [1.29, 1.82) is 0 Å². The average molecular weight is 297 g/mol. The second-order valence-electron chi connectivity index (χ2n) is 5.29. The van der Waals surface area contributed by atoms with E-state index in [0.717, 1.165) is 22.7 Å². The van der Waals surface area contributed by atoms with Crippen molar-refractivity contribution in [1.82, 2.24) is 15.3 Å². The molecule has 3 nitrogen and oxygen atoms in total. The predicted molar refractivity (Wildman–Crippen MR) is 88.9 cm³/mol. The van der Waals surface area contributed by atoms with Gasteiger partial charge in [0.1, 0.15) is 0 Å². The van der Waals surface area contributed by atoms with E-state index in [4.69, 9.17) is 0 Å². The lowest BCUT2D eigenvalue weighted by Gasteiger charge is -2.06. The number of imidazole rings is 1. The number of hydrogen-bond acceptors (Lipinski definition) is 3. The van der Waals surface area contributed by atoms with Gasteiger partial charge in [-0.3, -0.25) is 0 Å². The quantitative estimate of drug-likeness (QED) is 0.763. The number of nitrogens with one attached hydrogen (secondary N) is 2. The van der Waals surface area contributed by atoms with Crippen molar-refractivity contribution in [3.63, 3.8) is 0 Å². The summed E-state index contributed by atoms with van der Waals surface area (Å²) in [6, 6.07) is 12.9. The lowest BCUT2D eigenvalue weighted by Crippen LogP contribution is -2.05. The summed E-state index contributed by atoms with van der Waals surface area (Å²) in [5.74, 6) is 0. The molecule has 0 aliphatic rings. The fraction of sp³-hybridized carbons (Fsp3) is 0.235. The van der Waals surface area contributed by atoms with Gasteiger partial charge >= 0.3 is 0 Å². The third-order valence-corrected chi connectivity index (χ3v) is 4.51. The highest BCUT2D eigenvalue weighted by Crippen LogP contribution is 2.30. The molecule has 0 atom stereocenters. The van der Waals surface area contributed by atoms with Crippen LogP contribution in [0.15, 0.2) is 46.5 Å². The van der Waals surface area contributed by atoms with Gasteiger partial charge in [0, 0.05) is 11.4 Å². The Kier molecular flexibility index (Phi) is 3.99. The summed E-state index contributed by atoms with van der Waals surface area (Å²) >= 11 is 1.69. The number of aryl methyl sites for hydroxylation is 2. The largest absolute Gasteiger partial charge is 0.333 e. The molecule has 0 saturated heterocycles. The van der Waals surface area contributed by atoms with Crippen LogP contribution in [0.2, 0.25) is 0 Å². The van der Waals surface area contributed by atoms with E-state index in [1.165, 1.54) is 21.6 Å². The van der Waals surface area contributed by atoms with Crippen LogP contribution in [0.4, 0.5) is 0 Å². The predicted octanol–water partition coefficient (Wildman–Crippen LogP) is 4.05. The SMILES string of the molecule is CNCc1ccc(Sc2nc3ccc(C)cc3[nH]2)c(C)c1. The Morgan fingerprint density at radius 1 is 1.14 bits per heavy atom. The monoisotopic (exact) mass is 297 g/mol. The molecular weight excluding hydrogens is 278 g/mol. The summed E-state index contributed by atoms with van der Waals surface area (Å²) < 4.78 is 0. The van der Waals surface area contributed by atoms with Gasteiger partial charge in [-0.1, -0.05) is 30.0 Å². The molecule has 1 heterocycles. The maximum Gasteiger partial charge on any atom is 0.171 e. The number of aromatic nitrogens is 2. The van der Waals surface area contributed by atoms with Crippen molar-refractivity contribution in [2.75, 3.05) is 7.05 Å². The van der Waals surface area contributed by atoms with Gasteiger partial charge in [0.2, 0.25) is 0 Å². The zero-order chi connectivity index (χ0) is 14.8. The molecule has 108 valence electrons. The van der Waals surface area contributed by atoms with E-state index in [2.05, 4.69) is 65.5 Å². The Labute approximate surface area is 129 Å². The van der Waals surface area contributed by atoms with Crippen LogP contribution in [-0.4, -0.2) is 17.0 Å². The van der Waals surface area contributed by atoms with Crippen LogP contribution in [0.3, 0.4) is 0 Å². The molecule has 21 heavy (non-hydrogen) atoms. The summed E-state index contributed by atoms with van der Waals surface area (Å²) in [7, 11) is 1.97. The van der Waals surface area contributed by atoms with Crippen LogP contribution < -0.4 is 5.32 Å². The zero-order valence-corrected chi connectivity index (χ0v) is 13.3. The van der Waals surface area contributed by atoms with Crippen molar-refractivity contribution in [3.8, 4) is 0 Å². The first-order valence-electron chi connectivity index (χ1n) is 7.04. The van der Waals surface area contributed by atoms with Crippen molar-refractivity contribution < 1.29 is 0 Å². The van der Waals surface area contributed by atoms with Crippen molar-refractivity contribution >= 4 is 22.8 Å². The van der Waals surface area contributed by atoms with Crippen molar-refractivity contribution in [3.05, 3.63) is 53.1 Å². The Hall–Kier alpha value is -1.78. The fourth-order valence-electron chi connectivity index (χ4n) is 2.39. The third-order valence-electron chi connectivity index (χ3n) is 3.44. The lowest BCUT2D eigenvalue weighted by molar-refractivity contribution is 0.815. The van der Waals surface area contributed by atoms with Crippen LogP contribution in [-0.2, 0) is 6.54 Å². The second-order valence-corrected chi connectivity index (χ2v) is 6.33. The summed E-state index contributed by atoms with van der Waals surface area (Å²) in [5, 5.41) is 4.12. The van der Waals surface area contributed by atoms with Crippen LogP contribution in [0.25, 0.3) is 11.0 Å². The van der Waals surface area contributed by atoms with Gasteiger partial charge in [-0.15, -0.1) is 0 Å². The van der Waals surface area contributed by atoms with Gasteiger partial charge in [0.05, 0.1) is 11.0 Å². The molecule has 0 aliphatic carbocycles. The van der Waals surface area contributed by atoms with Crippen LogP contribution in [0.5, 0.6) is 0 Å². The van der Waals surface area contributed by atoms with E-state index < -0.39 is 0 Å². The van der Waals surface area contributed by atoms with Gasteiger partial charge < -0.3 is 10.3 Å². The maximum absolute atomic E-state index is 4.64. The Bertz CT molecular complexity index is 777. The Morgan fingerprint density at radius 3 is 2.76 bits per heavy atom. The molecule has 0 amide bonds. The van der Waals surface area contributed by atoms with E-state index >= 15 is 0 Å². The zero-order valence-electron chi connectivity index (χ0n) is 12.5. The summed E-state index contributed by atoms with van der Waals surface area (Å²) in [5.41, 5.74) is 5.95. The lowest BCUT2D eigenvalue weighted by atomic mass is 10.1. The third kappa shape index (κ3) is 3.12. The standard InChI is InChI=1S/C17H19N3S/c1-11-4-6-14-15(8-11)20-17(19-14)21-16-7-5-13(10-18-3)9-12(16)2/h4-9,18H,10H2,1-3H3,(H,19,20). The smallest absolute Gasteiger partial charge is 0.171 e. The number of hydrogen-bond donors (Lipinski definition) is 2. The van der Waals surface area contributed by atoms with Gasteiger partial charge in [0.15, 0.2) is 5.16 Å². The van der Waals surface area contributed by atoms with E-state index in [-0.39, 0.29) is 0 Å². The highest BCUT2D eigenvalue weighted by Gasteiger charge is 2.07. The minimum atomic E-state index is 0.899. The molecule has 3 aromatic rings. The molecule has 4 heteroatoms. The summed E-state index contributed by atoms with van der Waals surface area (Å²) in [6.45, 7) is 5.14. The molecule has 2 aromatic carbocycles. The van der Waals surface area contributed by atoms with Gasteiger partial charge in [-0.2, -0.15) is 0 Å². The molecule has 1 aromatic heterocycles. The molecule has 0 fully saturated rings. The normalized spacial score (nSPS) is 11.2. The minimum Gasteiger partial charge on any atom is -0.333 e. The van der Waals surface area contributed by atoms with Crippen LogP contribution in [0, 0.1) is 13.8 Å². The molecule has 0 unspecified atom stereocenters. The first kappa shape index (κ1) is 14.2. The fourth-order valence-corrected chi connectivity index (χ4v) is 3.26. The van der Waals surface area contributed by atoms with Gasteiger partial charge in [0.25, 0.3) is 0 Å². The summed E-state index contributed by atoms with van der Waals surface area (Å²) in [6.07, 6.45) is 0. The number of H-pyrrole nitrogens is 1. The molecule has 0 spiro atoms. The second kappa shape index (κ2) is 5.92. The molecule has 3 rings (SSSR count). The van der Waals surface area contributed by atoms with Crippen LogP contribution >= 0.6 is 11.8 Å². The molecule has 0 aliphatic heterocycles. The molecule has 0 saturated carbocycles. The highest BCUT2D eigenvalue weighted by atomic mass is 32.2. The number of aromatic amines is 1.